The molecular weight excluding hydrogens is 504 g/mol. The first-order valence-electron chi connectivity index (χ1n) is 11.7. The Bertz CT molecular complexity index is 1410. The lowest BCUT2D eigenvalue weighted by atomic mass is 9.97. The third kappa shape index (κ3) is 6.05. The third-order valence-electron chi connectivity index (χ3n) is 6.23. The summed E-state index contributed by atoms with van der Waals surface area (Å²) >= 11 is 0. The molecule has 0 atom stereocenters. The second kappa shape index (κ2) is 11.2. The maximum absolute atomic E-state index is 14.0. The average Bonchev–Trinajstić information content (AvgIpc) is 3.28. The Morgan fingerprint density at radius 3 is 2.65 bits per heavy atom. The summed E-state index contributed by atoms with van der Waals surface area (Å²) in [5, 5.41) is 6.69. The van der Waals surface area contributed by atoms with E-state index in [1.807, 2.05) is 24.3 Å². The van der Waals surface area contributed by atoms with Gasteiger partial charge in [-0.3, -0.25) is 4.79 Å². The van der Waals surface area contributed by atoms with Crippen LogP contribution in [0.1, 0.15) is 35.4 Å². The molecule has 1 fully saturated rings. The van der Waals surface area contributed by atoms with Crippen molar-refractivity contribution < 1.29 is 31.3 Å². The summed E-state index contributed by atoms with van der Waals surface area (Å²) in [6.45, 7) is 2.16. The summed E-state index contributed by atoms with van der Waals surface area (Å²) in [5.74, 6) is -1.31. The van der Waals surface area contributed by atoms with Gasteiger partial charge in [0.05, 0.1) is 7.11 Å². The van der Waals surface area contributed by atoms with Crippen molar-refractivity contribution in [3.63, 3.8) is 0 Å². The molecule has 4 rings (SSSR count). The standard InChI is InChI=1S/C26H27F2N3O5S/c1-17-25(24(36-30-17)9-7-19-6-8-21(27)15-23(19)28)37(33,34)31-12-10-20(11-13-31)26(32)29-16-18-4-3-5-22(14-18)35-2/h3-9,14-15,20H,10-13,16H2,1-2H3,(H,29,32). The Balaban J connectivity index is 1.41. The van der Waals surface area contributed by atoms with Crippen molar-refractivity contribution in [2.75, 3.05) is 20.2 Å². The lowest BCUT2D eigenvalue weighted by molar-refractivity contribution is -0.126. The molecule has 2 heterocycles. The number of aromatic nitrogens is 1. The van der Waals surface area contributed by atoms with E-state index in [0.717, 1.165) is 17.7 Å². The Morgan fingerprint density at radius 1 is 1.19 bits per heavy atom. The number of sulfonamides is 1. The number of amides is 1. The van der Waals surface area contributed by atoms with Gasteiger partial charge in [0, 0.05) is 37.2 Å². The zero-order chi connectivity index (χ0) is 26.6. The number of methoxy groups -OCH3 is 1. The lowest BCUT2D eigenvalue weighted by Gasteiger charge is -2.30. The number of hydrogen-bond donors (Lipinski definition) is 1. The van der Waals surface area contributed by atoms with Crippen LogP contribution >= 0.6 is 0 Å². The van der Waals surface area contributed by atoms with Crippen LogP contribution in [0.15, 0.2) is 51.9 Å². The number of piperidine rings is 1. The van der Waals surface area contributed by atoms with Gasteiger partial charge in [0.25, 0.3) is 0 Å². The van der Waals surface area contributed by atoms with E-state index in [9.17, 15) is 22.0 Å². The monoisotopic (exact) mass is 531 g/mol. The highest BCUT2D eigenvalue weighted by atomic mass is 32.2. The third-order valence-corrected chi connectivity index (χ3v) is 8.29. The van der Waals surface area contributed by atoms with Gasteiger partial charge in [-0.05, 0) is 61.7 Å². The maximum Gasteiger partial charge on any atom is 0.248 e. The number of benzene rings is 2. The SMILES string of the molecule is COc1cccc(CNC(=O)C2CCN(S(=O)(=O)c3c(C)noc3C=Cc3ccc(F)cc3F)CC2)c1. The van der Waals surface area contributed by atoms with E-state index in [2.05, 4.69) is 10.5 Å². The Morgan fingerprint density at radius 2 is 1.95 bits per heavy atom. The quantitative estimate of drug-likeness (QED) is 0.469. The molecule has 0 radical (unpaired) electrons. The van der Waals surface area contributed by atoms with Gasteiger partial charge >= 0.3 is 0 Å². The molecule has 37 heavy (non-hydrogen) atoms. The van der Waals surface area contributed by atoms with Crippen molar-refractivity contribution in [1.82, 2.24) is 14.8 Å². The maximum atomic E-state index is 14.0. The molecule has 0 aliphatic carbocycles. The second-order valence-corrected chi connectivity index (χ2v) is 10.6. The number of halogens is 2. The van der Waals surface area contributed by atoms with Gasteiger partial charge in [0.2, 0.25) is 15.9 Å². The highest BCUT2D eigenvalue weighted by Crippen LogP contribution is 2.29. The van der Waals surface area contributed by atoms with E-state index in [1.54, 1.807) is 7.11 Å². The Labute approximate surface area is 214 Å². The molecule has 1 aromatic heterocycles. The molecular formula is C26H27F2N3O5S. The summed E-state index contributed by atoms with van der Waals surface area (Å²) in [5.41, 5.74) is 1.13. The van der Waals surface area contributed by atoms with E-state index < -0.39 is 21.7 Å². The van der Waals surface area contributed by atoms with Crippen molar-refractivity contribution in [2.45, 2.75) is 31.2 Å². The molecule has 1 aliphatic rings. The van der Waals surface area contributed by atoms with Gasteiger partial charge < -0.3 is 14.6 Å². The van der Waals surface area contributed by atoms with Crippen LogP contribution in [-0.2, 0) is 21.4 Å². The molecule has 8 nitrogen and oxygen atoms in total. The minimum absolute atomic E-state index is 0.0561. The second-order valence-electron chi connectivity index (χ2n) is 8.71. The summed E-state index contributed by atoms with van der Waals surface area (Å²) in [4.78, 5) is 12.6. The van der Waals surface area contributed by atoms with Gasteiger partial charge in [-0.25, -0.2) is 17.2 Å². The van der Waals surface area contributed by atoms with Crippen LogP contribution in [0.4, 0.5) is 8.78 Å². The molecule has 1 amide bonds. The fourth-order valence-corrected chi connectivity index (χ4v) is 5.92. The topological polar surface area (TPSA) is 102 Å². The van der Waals surface area contributed by atoms with E-state index in [1.165, 1.54) is 29.4 Å². The van der Waals surface area contributed by atoms with Gasteiger partial charge in [-0.15, -0.1) is 0 Å². The number of hydrogen-bond acceptors (Lipinski definition) is 6. The van der Waals surface area contributed by atoms with Crippen molar-refractivity contribution in [3.8, 4) is 5.75 Å². The smallest absolute Gasteiger partial charge is 0.248 e. The molecule has 0 spiro atoms. The molecule has 0 bridgehead atoms. The van der Waals surface area contributed by atoms with Crippen molar-refractivity contribution >= 4 is 28.1 Å². The van der Waals surface area contributed by atoms with Crippen LogP contribution in [0.5, 0.6) is 5.75 Å². The highest BCUT2D eigenvalue weighted by Gasteiger charge is 2.35. The first kappa shape index (κ1) is 26.5. The first-order valence-corrected chi connectivity index (χ1v) is 13.1. The zero-order valence-electron chi connectivity index (χ0n) is 20.4. The van der Waals surface area contributed by atoms with Crippen molar-refractivity contribution in [2.24, 2.45) is 5.92 Å². The normalized spacial score (nSPS) is 15.2. The van der Waals surface area contributed by atoms with Gasteiger partial charge in [-0.1, -0.05) is 17.3 Å². The molecule has 1 aliphatic heterocycles. The fraction of sp³-hybridized carbons (Fsp3) is 0.308. The summed E-state index contributed by atoms with van der Waals surface area (Å²) in [7, 11) is -2.41. The van der Waals surface area contributed by atoms with Gasteiger partial charge in [0.15, 0.2) is 10.7 Å². The molecule has 3 aromatic rings. The molecule has 1 saturated heterocycles. The van der Waals surface area contributed by atoms with Crippen LogP contribution < -0.4 is 10.1 Å². The van der Waals surface area contributed by atoms with E-state index in [-0.39, 0.29) is 46.8 Å². The number of ether oxygens (including phenoxy) is 1. The predicted octanol–water partition coefficient (Wildman–Crippen LogP) is 4.16. The van der Waals surface area contributed by atoms with E-state index in [0.29, 0.717) is 25.1 Å². The summed E-state index contributed by atoms with van der Waals surface area (Å²) < 4.78 is 65.7. The predicted molar refractivity (Wildman–Crippen MR) is 133 cm³/mol. The number of aryl methyl sites for hydroxylation is 1. The molecule has 0 unspecified atom stereocenters. The lowest BCUT2D eigenvalue weighted by Crippen LogP contribution is -2.43. The minimum Gasteiger partial charge on any atom is -0.497 e. The number of rotatable bonds is 8. The van der Waals surface area contributed by atoms with Crippen LogP contribution in [0.25, 0.3) is 12.2 Å². The van der Waals surface area contributed by atoms with Crippen molar-refractivity contribution in [1.29, 1.82) is 0 Å². The highest BCUT2D eigenvalue weighted by molar-refractivity contribution is 7.89. The van der Waals surface area contributed by atoms with Crippen LogP contribution in [0.3, 0.4) is 0 Å². The molecule has 0 saturated carbocycles. The van der Waals surface area contributed by atoms with E-state index in [4.69, 9.17) is 9.26 Å². The number of nitrogens with one attached hydrogen (secondary N) is 1. The zero-order valence-corrected chi connectivity index (χ0v) is 21.2. The molecule has 1 N–H and O–H groups in total. The first-order chi connectivity index (χ1) is 17.7. The largest absolute Gasteiger partial charge is 0.497 e. The Hall–Kier alpha value is -3.57. The minimum atomic E-state index is -3.99. The fourth-order valence-electron chi connectivity index (χ4n) is 4.20. The number of nitrogens with zero attached hydrogens (tertiary/aromatic N) is 2. The molecule has 196 valence electrons. The molecule has 11 heteroatoms. The summed E-state index contributed by atoms with van der Waals surface area (Å²) in [6, 6.07) is 10.5. The number of carbonyl (C=O) groups is 1. The van der Waals surface area contributed by atoms with Gasteiger partial charge in [0.1, 0.15) is 23.1 Å². The Kier molecular flexibility index (Phi) is 8.03. The number of carbonyl (C=O) groups excluding carboxylic acids is 1. The van der Waals surface area contributed by atoms with Gasteiger partial charge in [-0.2, -0.15) is 4.31 Å². The summed E-state index contributed by atoms with van der Waals surface area (Å²) in [6.07, 6.45) is 3.31. The van der Waals surface area contributed by atoms with Crippen LogP contribution in [0, 0.1) is 24.5 Å². The van der Waals surface area contributed by atoms with Crippen LogP contribution in [-0.4, -0.2) is 44.0 Å². The average molecular weight is 532 g/mol. The van der Waals surface area contributed by atoms with E-state index >= 15 is 0 Å². The molecule has 2 aromatic carbocycles. The van der Waals surface area contributed by atoms with Crippen molar-refractivity contribution in [3.05, 3.63) is 76.7 Å². The van der Waals surface area contributed by atoms with Crippen LogP contribution in [0.2, 0.25) is 0 Å².